The maximum Gasteiger partial charge on any atom is 0.342 e. The van der Waals surface area contributed by atoms with Gasteiger partial charge < -0.3 is 9.84 Å². The van der Waals surface area contributed by atoms with Gasteiger partial charge in [0.05, 0.1) is 16.9 Å². The molecule has 0 saturated carbocycles. The third kappa shape index (κ3) is 2.33. The second-order valence-electron chi connectivity index (χ2n) is 2.51. The number of aromatic nitrogens is 1. The minimum atomic E-state index is -2.80. The number of pyridine rings is 1. The molecular formula is C8H6F2INO3. The first-order valence-corrected chi connectivity index (χ1v) is 4.80. The lowest BCUT2D eigenvalue weighted by Gasteiger charge is -2.08. The van der Waals surface area contributed by atoms with Crippen molar-refractivity contribution >= 4 is 28.6 Å². The highest BCUT2D eigenvalue weighted by Gasteiger charge is 2.23. The number of rotatable bonds is 2. The van der Waals surface area contributed by atoms with E-state index in [1.165, 1.54) is 22.6 Å². The van der Waals surface area contributed by atoms with Crippen LogP contribution in [0.15, 0.2) is 6.20 Å². The van der Waals surface area contributed by atoms with Gasteiger partial charge in [-0.2, -0.15) is 0 Å². The van der Waals surface area contributed by atoms with E-state index in [2.05, 4.69) is 9.72 Å². The number of methoxy groups -OCH3 is 1. The van der Waals surface area contributed by atoms with Crippen LogP contribution in [0.25, 0.3) is 0 Å². The summed E-state index contributed by atoms with van der Waals surface area (Å²) in [6.45, 7) is 0. The van der Waals surface area contributed by atoms with Gasteiger partial charge in [-0.15, -0.1) is 0 Å². The molecule has 1 heterocycles. The molecule has 0 aliphatic carbocycles. The van der Waals surface area contributed by atoms with Gasteiger partial charge in [0.15, 0.2) is 0 Å². The molecule has 0 aliphatic heterocycles. The monoisotopic (exact) mass is 329 g/mol. The normalized spacial score (nSPS) is 10.5. The highest BCUT2D eigenvalue weighted by molar-refractivity contribution is 14.1. The molecule has 4 nitrogen and oxygen atoms in total. The molecule has 0 radical (unpaired) electrons. The fraction of sp³-hybridized carbons (Fsp3) is 0.250. The predicted octanol–water partition coefficient (Wildman–Crippen LogP) is 2.12. The van der Waals surface area contributed by atoms with Crippen molar-refractivity contribution in [2.75, 3.05) is 7.11 Å². The van der Waals surface area contributed by atoms with Crippen LogP contribution in [0, 0.1) is 3.57 Å². The highest BCUT2D eigenvalue weighted by Crippen LogP contribution is 2.30. The number of halogens is 3. The maximum atomic E-state index is 12.4. The van der Waals surface area contributed by atoms with E-state index in [0.717, 1.165) is 13.3 Å². The van der Waals surface area contributed by atoms with Gasteiger partial charge in [0.2, 0.25) is 0 Å². The molecule has 0 bridgehead atoms. The summed E-state index contributed by atoms with van der Waals surface area (Å²) in [5, 5.41) is 9.29. The van der Waals surface area contributed by atoms with Gasteiger partial charge in [0, 0.05) is 0 Å². The van der Waals surface area contributed by atoms with Crippen LogP contribution in [0.1, 0.15) is 22.5 Å². The SMILES string of the molecule is COC(=O)c1c(O)cnc(C(F)F)c1I. The van der Waals surface area contributed by atoms with Crippen LogP contribution in [0.2, 0.25) is 0 Å². The molecule has 0 aliphatic rings. The molecule has 15 heavy (non-hydrogen) atoms. The number of alkyl halides is 2. The summed E-state index contributed by atoms with van der Waals surface area (Å²) in [7, 11) is 1.10. The van der Waals surface area contributed by atoms with Crippen molar-refractivity contribution in [2.24, 2.45) is 0 Å². The van der Waals surface area contributed by atoms with E-state index in [0.29, 0.717) is 0 Å². The first-order chi connectivity index (χ1) is 6.99. The fourth-order valence-corrected chi connectivity index (χ4v) is 1.81. The van der Waals surface area contributed by atoms with Crippen molar-refractivity contribution in [3.05, 3.63) is 21.0 Å². The Morgan fingerprint density at radius 3 is 2.73 bits per heavy atom. The molecule has 1 rings (SSSR count). The smallest absolute Gasteiger partial charge is 0.342 e. The third-order valence-corrected chi connectivity index (χ3v) is 2.71. The van der Waals surface area contributed by atoms with Crippen LogP contribution < -0.4 is 0 Å². The van der Waals surface area contributed by atoms with Gasteiger partial charge >= 0.3 is 5.97 Å². The first kappa shape index (κ1) is 12.1. The number of hydrogen-bond acceptors (Lipinski definition) is 4. The quantitative estimate of drug-likeness (QED) is 0.667. The lowest BCUT2D eigenvalue weighted by atomic mass is 10.2. The van der Waals surface area contributed by atoms with Crippen LogP contribution >= 0.6 is 22.6 Å². The Bertz CT molecular complexity index is 398. The van der Waals surface area contributed by atoms with Crippen molar-refractivity contribution in [1.82, 2.24) is 4.98 Å². The number of carbonyl (C=O) groups excluding carboxylic acids is 1. The Labute approximate surface area is 97.4 Å². The molecule has 0 fully saturated rings. The summed E-state index contributed by atoms with van der Waals surface area (Å²) in [5.74, 6) is -1.35. The number of ether oxygens (including phenoxy) is 1. The second-order valence-corrected chi connectivity index (χ2v) is 3.59. The van der Waals surface area contributed by atoms with E-state index < -0.39 is 23.8 Å². The Kier molecular flexibility index (Phi) is 3.77. The van der Waals surface area contributed by atoms with E-state index in [1.54, 1.807) is 0 Å². The van der Waals surface area contributed by atoms with Crippen LogP contribution in [0.4, 0.5) is 8.78 Å². The zero-order valence-electron chi connectivity index (χ0n) is 7.50. The molecule has 1 N–H and O–H groups in total. The van der Waals surface area contributed by atoms with Crippen LogP contribution in [-0.2, 0) is 4.74 Å². The summed E-state index contributed by atoms with van der Waals surface area (Å²) in [6, 6.07) is 0. The second kappa shape index (κ2) is 4.69. The third-order valence-electron chi connectivity index (χ3n) is 1.62. The van der Waals surface area contributed by atoms with Crippen LogP contribution in [0.5, 0.6) is 5.75 Å². The fourth-order valence-electron chi connectivity index (χ4n) is 0.941. The van der Waals surface area contributed by atoms with Gasteiger partial charge in [-0.25, -0.2) is 13.6 Å². The van der Waals surface area contributed by atoms with E-state index in [4.69, 9.17) is 0 Å². The van der Waals surface area contributed by atoms with E-state index in [-0.39, 0.29) is 9.13 Å². The van der Waals surface area contributed by atoms with E-state index in [9.17, 15) is 18.7 Å². The van der Waals surface area contributed by atoms with Crippen molar-refractivity contribution in [2.45, 2.75) is 6.43 Å². The van der Waals surface area contributed by atoms with Gasteiger partial charge in [0.25, 0.3) is 6.43 Å². The molecule has 1 aromatic rings. The Balaban J connectivity index is 3.36. The number of aromatic hydroxyl groups is 1. The summed E-state index contributed by atoms with van der Waals surface area (Å²) in [5.41, 5.74) is -0.836. The first-order valence-electron chi connectivity index (χ1n) is 3.72. The van der Waals surface area contributed by atoms with Crippen LogP contribution in [-0.4, -0.2) is 23.2 Å². The zero-order valence-corrected chi connectivity index (χ0v) is 9.66. The van der Waals surface area contributed by atoms with Gasteiger partial charge in [-0.05, 0) is 22.6 Å². The molecule has 0 atom stereocenters. The minimum absolute atomic E-state index is 0.102. The average Bonchev–Trinajstić information content (AvgIpc) is 2.16. The maximum absolute atomic E-state index is 12.4. The van der Waals surface area contributed by atoms with E-state index in [1.807, 2.05) is 0 Å². The summed E-state index contributed by atoms with van der Waals surface area (Å²) in [6.07, 6.45) is -2.00. The topological polar surface area (TPSA) is 59.4 Å². The summed E-state index contributed by atoms with van der Waals surface area (Å²) < 4.78 is 29.1. The Hall–Kier alpha value is -0.990. The standard InChI is InChI=1S/C8H6F2INO3/c1-15-8(14)4-3(13)2-12-6(5(4)11)7(9)10/h2,7,13H,1H3. The lowest BCUT2D eigenvalue weighted by Crippen LogP contribution is -2.08. The number of esters is 1. The van der Waals surface area contributed by atoms with Crippen LogP contribution in [0.3, 0.4) is 0 Å². The minimum Gasteiger partial charge on any atom is -0.505 e. The number of hydrogen-bond donors (Lipinski definition) is 1. The number of carbonyl (C=O) groups is 1. The van der Waals surface area contributed by atoms with Crippen molar-refractivity contribution in [3.8, 4) is 5.75 Å². The molecule has 0 spiro atoms. The van der Waals surface area contributed by atoms with Gasteiger partial charge in [-0.3, -0.25) is 4.98 Å². The Morgan fingerprint density at radius 2 is 2.27 bits per heavy atom. The molecule has 0 aromatic carbocycles. The van der Waals surface area contributed by atoms with Gasteiger partial charge in [-0.1, -0.05) is 0 Å². The molecule has 7 heteroatoms. The molecule has 0 amide bonds. The lowest BCUT2D eigenvalue weighted by molar-refractivity contribution is 0.0595. The summed E-state index contributed by atoms with van der Waals surface area (Å²) >= 11 is 1.52. The predicted molar refractivity (Wildman–Crippen MR) is 54.9 cm³/mol. The molecule has 1 aromatic heterocycles. The average molecular weight is 329 g/mol. The van der Waals surface area contributed by atoms with E-state index >= 15 is 0 Å². The Morgan fingerprint density at radius 1 is 1.67 bits per heavy atom. The largest absolute Gasteiger partial charge is 0.505 e. The van der Waals surface area contributed by atoms with Crippen molar-refractivity contribution < 1.29 is 23.4 Å². The molecule has 0 unspecified atom stereocenters. The van der Waals surface area contributed by atoms with Gasteiger partial charge in [0.1, 0.15) is 17.0 Å². The highest BCUT2D eigenvalue weighted by atomic mass is 127. The molecular weight excluding hydrogens is 323 g/mol. The number of nitrogens with zero attached hydrogens (tertiary/aromatic N) is 1. The summed E-state index contributed by atoms with van der Waals surface area (Å²) in [4.78, 5) is 14.5. The zero-order chi connectivity index (χ0) is 11.6. The molecule has 0 saturated heterocycles. The molecule has 82 valence electrons. The van der Waals surface area contributed by atoms with Crippen molar-refractivity contribution in [1.29, 1.82) is 0 Å². The van der Waals surface area contributed by atoms with Crippen molar-refractivity contribution in [3.63, 3.8) is 0 Å².